The van der Waals surface area contributed by atoms with Gasteiger partial charge < -0.3 is 5.11 Å². The van der Waals surface area contributed by atoms with E-state index in [-0.39, 0.29) is 6.54 Å². The summed E-state index contributed by atoms with van der Waals surface area (Å²) in [7, 11) is 1.92. The number of fused-ring (bicyclic) bond motifs is 2. The van der Waals surface area contributed by atoms with E-state index in [1.807, 2.05) is 11.9 Å². The second kappa shape index (κ2) is 4.02. The summed E-state index contributed by atoms with van der Waals surface area (Å²) in [5.74, 6) is 1.74. The van der Waals surface area contributed by atoms with Crippen LogP contribution in [0.2, 0.25) is 0 Å². The molecular weight excluding hydrogens is 202 g/mol. The van der Waals surface area contributed by atoms with Crippen molar-refractivity contribution in [1.82, 2.24) is 4.90 Å². The van der Waals surface area contributed by atoms with Crippen molar-refractivity contribution in [1.29, 1.82) is 0 Å². The Kier molecular flexibility index (Phi) is 2.99. The molecule has 3 saturated carbocycles. The molecule has 0 saturated heterocycles. The molecule has 0 spiro atoms. The van der Waals surface area contributed by atoms with E-state index in [4.69, 9.17) is 5.11 Å². The SMILES string of the molecule is CN(CC(=O)O)C[C@H]1CC[C@@H]2C[C@H]1C2(C)C. The van der Waals surface area contributed by atoms with Gasteiger partial charge in [0.25, 0.3) is 0 Å². The molecule has 0 aliphatic heterocycles. The van der Waals surface area contributed by atoms with E-state index < -0.39 is 5.97 Å². The number of aliphatic carboxylic acids is 1. The molecule has 0 radical (unpaired) electrons. The first-order valence-corrected chi connectivity index (χ1v) is 6.31. The fourth-order valence-corrected chi connectivity index (χ4v) is 3.88. The van der Waals surface area contributed by atoms with Crippen molar-refractivity contribution in [2.45, 2.75) is 33.1 Å². The maximum Gasteiger partial charge on any atom is 0.317 e. The van der Waals surface area contributed by atoms with Crippen molar-refractivity contribution in [2.75, 3.05) is 20.1 Å². The van der Waals surface area contributed by atoms with E-state index in [9.17, 15) is 4.79 Å². The highest BCUT2D eigenvalue weighted by molar-refractivity contribution is 5.68. The van der Waals surface area contributed by atoms with E-state index in [1.165, 1.54) is 19.3 Å². The minimum absolute atomic E-state index is 0.174. The molecule has 0 aromatic heterocycles. The van der Waals surface area contributed by atoms with Gasteiger partial charge in [-0.1, -0.05) is 13.8 Å². The maximum atomic E-state index is 10.6. The third kappa shape index (κ3) is 1.97. The summed E-state index contributed by atoms with van der Waals surface area (Å²) in [6.45, 7) is 5.89. The standard InChI is InChI=1S/C13H23NO2/c1-13(2)10-5-4-9(11(13)6-10)7-14(3)8-12(15)16/h9-11H,4-8H2,1-3H3,(H,15,16)/t9-,10-,11-/m1/s1. The van der Waals surface area contributed by atoms with Gasteiger partial charge >= 0.3 is 5.97 Å². The maximum absolute atomic E-state index is 10.6. The predicted molar refractivity (Wildman–Crippen MR) is 63.2 cm³/mol. The van der Waals surface area contributed by atoms with E-state index in [1.54, 1.807) is 0 Å². The Morgan fingerprint density at radius 3 is 2.62 bits per heavy atom. The molecule has 1 N–H and O–H groups in total. The Morgan fingerprint density at radius 2 is 2.12 bits per heavy atom. The molecule has 3 rings (SSSR count). The molecule has 3 fully saturated rings. The van der Waals surface area contributed by atoms with Crippen LogP contribution in [-0.2, 0) is 4.79 Å². The van der Waals surface area contributed by atoms with Crippen LogP contribution in [0.1, 0.15) is 33.1 Å². The number of hydrogen-bond donors (Lipinski definition) is 1. The Hall–Kier alpha value is -0.570. The molecule has 3 aliphatic rings. The van der Waals surface area contributed by atoms with Gasteiger partial charge in [0.15, 0.2) is 0 Å². The summed E-state index contributed by atoms with van der Waals surface area (Å²) < 4.78 is 0. The summed E-state index contributed by atoms with van der Waals surface area (Å²) >= 11 is 0. The largest absolute Gasteiger partial charge is 0.480 e. The number of rotatable bonds is 4. The van der Waals surface area contributed by atoms with Gasteiger partial charge in [0.05, 0.1) is 6.54 Å². The third-order valence-corrected chi connectivity index (χ3v) is 4.95. The van der Waals surface area contributed by atoms with Gasteiger partial charge in [-0.05, 0) is 49.5 Å². The number of carboxylic acid groups (broad SMARTS) is 1. The lowest BCUT2D eigenvalue weighted by Crippen LogP contribution is -2.54. The summed E-state index contributed by atoms with van der Waals surface area (Å²) in [6.07, 6.45) is 4.01. The van der Waals surface area contributed by atoms with Gasteiger partial charge in [0, 0.05) is 6.54 Å². The number of hydrogen-bond acceptors (Lipinski definition) is 2. The first-order valence-electron chi connectivity index (χ1n) is 6.31. The van der Waals surface area contributed by atoms with E-state index >= 15 is 0 Å². The van der Waals surface area contributed by atoms with Crippen molar-refractivity contribution in [3.05, 3.63) is 0 Å². The van der Waals surface area contributed by atoms with Crippen LogP contribution in [0, 0.1) is 23.2 Å². The molecule has 0 aromatic carbocycles. The molecule has 3 aliphatic carbocycles. The Morgan fingerprint density at radius 1 is 1.44 bits per heavy atom. The van der Waals surface area contributed by atoms with Gasteiger partial charge in [0.1, 0.15) is 0 Å². The lowest BCUT2D eigenvalue weighted by molar-refractivity contribution is -0.139. The topological polar surface area (TPSA) is 40.5 Å². The molecule has 0 unspecified atom stereocenters. The Bertz CT molecular complexity index is 286. The fourth-order valence-electron chi connectivity index (χ4n) is 3.88. The van der Waals surface area contributed by atoms with Crippen molar-refractivity contribution in [3.8, 4) is 0 Å². The first kappa shape index (κ1) is 11.9. The van der Waals surface area contributed by atoms with Crippen LogP contribution in [0.3, 0.4) is 0 Å². The lowest BCUT2D eigenvalue weighted by Gasteiger charge is -2.60. The molecule has 3 heteroatoms. The quantitative estimate of drug-likeness (QED) is 0.796. The van der Waals surface area contributed by atoms with Crippen LogP contribution in [-0.4, -0.2) is 36.1 Å². The van der Waals surface area contributed by atoms with E-state index in [0.717, 1.165) is 18.4 Å². The minimum Gasteiger partial charge on any atom is -0.480 e. The van der Waals surface area contributed by atoms with Crippen LogP contribution >= 0.6 is 0 Å². The molecule has 0 amide bonds. The number of nitrogens with zero attached hydrogens (tertiary/aromatic N) is 1. The Labute approximate surface area is 97.8 Å². The second-order valence-electron chi connectivity index (χ2n) is 6.29. The van der Waals surface area contributed by atoms with Crippen LogP contribution in [0.25, 0.3) is 0 Å². The van der Waals surface area contributed by atoms with Crippen molar-refractivity contribution in [3.63, 3.8) is 0 Å². The average molecular weight is 225 g/mol. The zero-order valence-corrected chi connectivity index (χ0v) is 10.6. The summed E-state index contributed by atoms with van der Waals surface area (Å²) in [4.78, 5) is 12.6. The highest BCUT2D eigenvalue weighted by Crippen LogP contribution is 2.61. The van der Waals surface area contributed by atoms with Crippen molar-refractivity contribution in [2.24, 2.45) is 23.2 Å². The average Bonchev–Trinajstić information content (AvgIpc) is 2.15. The minimum atomic E-state index is -0.718. The predicted octanol–water partition coefficient (Wildman–Crippen LogP) is 2.08. The lowest BCUT2D eigenvalue weighted by atomic mass is 9.45. The monoisotopic (exact) mass is 225 g/mol. The van der Waals surface area contributed by atoms with Gasteiger partial charge in [0.2, 0.25) is 0 Å². The summed E-state index contributed by atoms with van der Waals surface area (Å²) in [6, 6.07) is 0. The molecule has 0 aromatic rings. The highest BCUT2D eigenvalue weighted by atomic mass is 16.4. The van der Waals surface area contributed by atoms with Crippen LogP contribution < -0.4 is 0 Å². The third-order valence-electron chi connectivity index (χ3n) is 4.95. The number of carbonyl (C=O) groups is 1. The fraction of sp³-hybridized carbons (Fsp3) is 0.923. The Balaban J connectivity index is 1.88. The molecule has 92 valence electrons. The van der Waals surface area contributed by atoms with Crippen LogP contribution in [0.5, 0.6) is 0 Å². The molecule has 16 heavy (non-hydrogen) atoms. The van der Waals surface area contributed by atoms with Gasteiger partial charge in [-0.25, -0.2) is 0 Å². The van der Waals surface area contributed by atoms with Crippen molar-refractivity contribution >= 4 is 5.97 Å². The van der Waals surface area contributed by atoms with Crippen molar-refractivity contribution < 1.29 is 9.90 Å². The second-order valence-corrected chi connectivity index (χ2v) is 6.29. The summed E-state index contributed by atoms with van der Waals surface area (Å²) in [5, 5.41) is 8.75. The van der Waals surface area contributed by atoms with E-state index in [0.29, 0.717) is 11.3 Å². The number of carboxylic acids is 1. The van der Waals surface area contributed by atoms with Gasteiger partial charge in [-0.2, -0.15) is 0 Å². The number of likely N-dealkylation sites (N-methyl/N-ethyl adjacent to an activating group) is 1. The normalized spacial score (nSPS) is 35.9. The molecule has 3 nitrogen and oxygen atoms in total. The first-order chi connectivity index (χ1) is 7.41. The smallest absolute Gasteiger partial charge is 0.317 e. The zero-order chi connectivity index (χ0) is 11.9. The summed E-state index contributed by atoms with van der Waals surface area (Å²) in [5.41, 5.74) is 0.507. The van der Waals surface area contributed by atoms with E-state index in [2.05, 4.69) is 13.8 Å². The zero-order valence-electron chi connectivity index (χ0n) is 10.6. The van der Waals surface area contributed by atoms with Crippen LogP contribution in [0.4, 0.5) is 0 Å². The molecular formula is C13H23NO2. The molecule has 0 heterocycles. The highest BCUT2D eigenvalue weighted by Gasteiger charge is 2.54. The van der Waals surface area contributed by atoms with Gasteiger partial charge in [-0.3, -0.25) is 9.69 Å². The van der Waals surface area contributed by atoms with Crippen LogP contribution in [0.15, 0.2) is 0 Å². The molecule has 3 atom stereocenters. The molecule has 2 bridgehead atoms. The van der Waals surface area contributed by atoms with Gasteiger partial charge in [-0.15, -0.1) is 0 Å².